The number of hydrogen-bond donors (Lipinski definition) is 1. The lowest BCUT2D eigenvalue weighted by atomic mass is 9.95. The molecule has 0 bridgehead atoms. The zero-order valence-corrected chi connectivity index (χ0v) is 14.2. The zero-order valence-electron chi connectivity index (χ0n) is 14.2. The van der Waals surface area contributed by atoms with Crippen molar-refractivity contribution in [3.05, 3.63) is 24.2 Å². The lowest BCUT2D eigenvalue weighted by molar-refractivity contribution is -0.122. The van der Waals surface area contributed by atoms with Crippen LogP contribution in [-0.4, -0.2) is 35.3 Å². The number of carbonyl (C=O) groups excluding carboxylic acids is 2. The standard InChI is InChI=1S/C18H28N2O3/c1-3-14(2)20(18(22)15-10-12-23-13-15)11-9-17(21)19-16-7-5-4-6-8-16/h10,12-14,16H,3-9,11H2,1-2H3,(H,19,21)/t14-/m1/s1. The number of nitrogens with zero attached hydrogens (tertiary/aromatic N) is 1. The first-order chi connectivity index (χ1) is 11.1. The quantitative estimate of drug-likeness (QED) is 0.838. The van der Waals surface area contributed by atoms with Crippen LogP contribution < -0.4 is 5.32 Å². The summed E-state index contributed by atoms with van der Waals surface area (Å²) < 4.78 is 5.00. The van der Waals surface area contributed by atoms with Crippen molar-refractivity contribution >= 4 is 11.8 Å². The third kappa shape index (κ3) is 5.12. The van der Waals surface area contributed by atoms with Crippen molar-refractivity contribution in [1.82, 2.24) is 10.2 Å². The van der Waals surface area contributed by atoms with E-state index in [1.165, 1.54) is 31.8 Å². The molecule has 0 aromatic carbocycles. The summed E-state index contributed by atoms with van der Waals surface area (Å²) in [5, 5.41) is 3.11. The van der Waals surface area contributed by atoms with E-state index in [0.717, 1.165) is 19.3 Å². The van der Waals surface area contributed by atoms with Gasteiger partial charge in [-0.3, -0.25) is 9.59 Å². The molecule has 5 nitrogen and oxygen atoms in total. The molecule has 128 valence electrons. The van der Waals surface area contributed by atoms with Gasteiger partial charge in [-0.1, -0.05) is 26.2 Å². The van der Waals surface area contributed by atoms with Crippen LogP contribution in [0.15, 0.2) is 23.0 Å². The van der Waals surface area contributed by atoms with E-state index >= 15 is 0 Å². The molecule has 1 heterocycles. The highest BCUT2D eigenvalue weighted by Gasteiger charge is 2.23. The first-order valence-electron chi connectivity index (χ1n) is 8.74. The highest BCUT2D eigenvalue weighted by molar-refractivity contribution is 5.94. The Morgan fingerprint density at radius 3 is 2.70 bits per heavy atom. The van der Waals surface area contributed by atoms with Gasteiger partial charge in [0.1, 0.15) is 6.26 Å². The van der Waals surface area contributed by atoms with Crippen LogP contribution in [0.2, 0.25) is 0 Å². The van der Waals surface area contributed by atoms with Crippen molar-refractivity contribution in [3.8, 4) is 0 Å². The van der Waals surface area contributed by atoms with Gasteiger partial charge in [0, 0.05) is 25.0 Å². The summed E-state index contributed by atoms with van der Waals surface area (Å²) in [4.78, 5) is 26.5. The van der Waals surface area contributed by atoms with Crippen molar-refractivity contribution in [1.29, 1.82) is 0 Å². The van der Waals surface area contributed by atoms with Gasteiger partial charge in [0.15, 0.2) is 0 Å². The minimum Gasteiger partial charge on any atom is -0.472 e. The second-order valence-corrected chi connectivity index (χ2v) is 6.42. The normalized spacial score (nSPS) is 16.8. The highest BCUT2D eigenvalue weighted by Crippen LogP contribution is 2.17. The number of rotatable bonds is 7. The van der Waals surface area contributed by atoms with Crippen molar-refractivity contribution in [2.45, 2.75) is 70.9 Å². The van der Waals surface area contributed by atoms with Gasteiger partial charge in [0.2, 0.25) is 5.91 Å². The summed E-state index contributed by atoms with van der Waals surface area (Å²) in [6, 6.07) is 2.08. The number of amides is 2. The Bertz CT molecular complexity index is 492. The van der Waals surface area contributed by atoms with E-state index in [9.17, 15) is 9.59 Å². The minimum atomic E-state index is -0.0708. The van der Waals surface area contributed by atoms with Crippen LogP contribution in [0, 0.1) is 0 Å². The van der Waals surface area contributed by atoms with Gasteiger partial charge in [-0.05, 0) is 32.3 Å². The average molecular weight is 320 g/mol. The Hall–Kier alpha value is -1.78. The molecule has 0 unspecified atom stereocenters. The van der Waals surface area contributed by atoms with Crippen molar-refractivity contribution in [2.75, 3.05) is 6.54 Å². The van der Waals surface area contributed by atoms with E-state index in [4.69, 9.17) is 4.42 Å². The van der Waals surface area contributed by atoms with Gasteiger partial charge >= 0.3 is 0 Å². The smallest absolute Gasteiger partial charge is 0.257 e. The molecule has 1 aromatic heterocycles. The molecular formula is C18H28N2O3. The van der Waals surface area contributed by atoms with Gasteiger partial charge < -0.3 is 14.6 Å². The largest absolute Gasteiger partial charge is 0.472 e. The molecule has 0 saturated heterocycles. The first-order valence-corrected chi connectivity index (χ1v) is 8.74. The zero-order chi connectivity index (χ0) is 16.7. The van der Waals surface area contributed by atoms with Crippen molar-refractivity contribution < 1.29 is 14.0 Å². The summed E-state index contributed by atoms with van der Waals surface area (Å²) in [5.41, 5.74) is 0.540. The Labute approximate surface area is 138 Å². The second-order valence-electron chi connectivity index (χ2n) is 6.42. The number of hydrogen-bond acceptors (Lipinski definition) is 3. The van der Waals surface area contributed by atoms with Crippen LogP contribution in [0.5, 0.6) is 0 Å². The van der Waals surface area contributed by atoms with E-state index in [2.05, 4.69) is 5.32 Å². The summed E-state index contributed by atoms with van der Waals surface area (Å²) in [5.74, 6) is -0.0243. The SMILES string of the molecule is CC[C@@H](C)N(CCC(=O)NC1CCCCC1)C(=O)c1ccoc1. The fourth-order valence-electron chi connectivity index (χ4n) is 3.06. The molecule has 1 aliphatic carbocycles. The lowest BCUT2D eigenvalue weighted by Gasteiger charge is -2.29. The highest BCUT2D eigenvalue weighted by atomic mass is 16.3. The summed E-state index contributed by atoms with van der Waals surface area (Å²) in [7, 11) is 0. The van der Waals surface area contributed by atoms with E-state index in [0.29, 0.717) is 24.6 Å². The molecule has 1 fully saturated rings. The average Bonchev–Trinajstić information content (AvgIpc) is 3.10. The maximum Gasteiger partial charge on any atom is 0.257 e. The minimum absolute atomic E-state index is 0.0465. The molecule has 0 spiro atoms. The Morgan fingerprint density at radius 1 is 1.35 bits per heavy atom. The molecule has 5 heteroatoms. The Morgan fingerprint density at radius 2 is 2.09 bits per heavy atom. The molecule has 2 rings (SSSR count). The van der Waals surface area contributed by atoms with Crippen LogP contribution in [0.25, 0.3) is 0 Å². The number of furan rings is 1. The maximum atomic E-state index is 12.5. The predicted octanol–water partition coefficient (Wildman–Crippen LogP) is 3.36. The second kappa shape index (κ2) is 8.75. The summed E-state index contributed by atoms with van der Waals surface area (Å²) in [6.07, 6.45) is 9.98. The summed E-state index contributed by atoms with van der Waals surface area (Å²) in [6.45, 7) is 4.50. The first kappa shape index (κ1) is 17.6. The lowest BCUT2D eigenvalue weighted by Crippen LogP contribution is -2.42. The van der Waals surface area contributed by atoms with Crippen LogP contribution >= 0.6 is 0 Å². The van der Waals surface area contributed by atoms with Gasteiger partial charge in [0.25, 0.3) is 5.91 Å². The van der Waals surface area contributed by atoms with Crippen LogP contribution in [0.3, 0.4) is 0 Å². The molecule has 2 amide bonds. The fourth-order valence-corrected chi connectivity index (χ4v) is 3.06. The third-order valence-electron chi connectivity index (χ3n) is 4.70. The monoisotopic (exact) mass is 320 g/mol. The van der Waals surface area contributed by atoms with E-state index in [1.54, 1.807) is 11.0 Å². The Balaban J connectivity index is 1.87. The van der Waals surface area contributed by atoms with Gasteiger partial charge in [-0.15, -0.1) is 0 Å². The molecule has 0 radical (unpaired) electrons. The van der Waals surface area contributed by atoms with E-state index in [-0.39, 0.29) is 17.9 Å². The molecular weight excluding hydrogens is 292 g/mol. The van der Waals surface area contributed by atoms with Crippen molar-refractivity contribution in [3.63, 3.8) is 0 Å². The van der Waals surface area contributed by atoms with E-state index < -0.39 is 0 Å². The van der Waals surface area contributed by atoms with Crippen LogP contribution in [-0.2, 0) is 4.79 Å². The third-order valence-corrected chi connectivity index (χ3v) is 4.70. The number of nitrogens with one attached hydrogen (secondary N) is 1. The summed E-state index contributed by atoms with van der Waals surface area (Å²) >= 11 is 0. The number of carbonyl (C=O) groups is 2. The van der Waals surface area contributed by atoms with Gasteiger partial charge in [0.05, 0.1) is 11.8 Å². The fraction of sp³-hybridized carbons (Fsp3) is 0.667. The topological polar surface area (TPSA) is 62.6 Å². The predicted molar refractivity (Wildman–Crippen MR) is 89.1 cm³/mol. The molecule has 0 aliphatic heterocycles. The maximum absolute atomic E-state index is 12.5. The van der Waals surface area contributed by atoms with Gasteiger partial charge in [-0.25, -0.2) is 0 Å². The molecule has 23 heavy (non-hydrogen) atoms. The molecule has 1 N–H and O–H groups in total. The van der Waals surface area contributed by atoms with Crippen LogP contribution in [0.4, 0.5) is 0 Å². The molecule has 1 atom stereocenters. The van der Waals surface area contributed by atoms with E-state index in [1.807, 2.05) is 13.8 Å². The van der Waals surface area contributed by atoms with Crippen LogP contribution in [0.1, 0.15) is 69.2 Å². The van der Waals surface area contributed by atoms with Gasteiger partial charge in [-0.2, -0.15) is 0 Å². The molecule has 1 saturated carbocycles. The van der Waals surface area contributed by atoms with Crippen molar-refractivity contribution in [2.24, 2.45) is 0 Å². The Kier molecular flexibility index (Phi) is 6.68. The molecule has 1 aliphatic rings. The molecule has 1 aromatic rings.